The number of methoxy groups -OCH3 is 1. The summed E-state index contributed by atoms with van der Waals surface area (Å²) in [5, 5.41) is 12.2. The Morgan fingerprint density at radius 1 is 1.31 bits per heavy atom. The van der Waals surface area contributed by atoms with E-state index in [0.717, 1.165) is 28.9 Å². The van der Waals surface area contributed by atoms with Gasteiger partial charge in [-0.3, -0.25) is 4.79 Å². The van der Waals surface area contributed by atoms with Crippen molar-refractivity contribution < 1.29 is 9.53 Å². The molecule has 1 aromatic heterocycles. The van der Waals surface area contributed by atoms with Gasteiger partial charge in [-0.2, -0.15) is 0 Å². The van der Waals surface area contributed by atoms with Gasteiger partial charge >= 0.3 is 0 Å². The molecule has 0 spiro atoms. The van der Waals surface area contributed by atoms with Crippen LogP contribution in [-0.4, -0.2) is 47.0 Å². The summed E-state index contributed by atoms with van der Waals surface area (Å²) >= 11 is 2.89. The molecule has 140 valence electrons. The summed E-state index contributed by atoms with van der Waals surface area (Å²) in [6, 6.07) is 7.66. The highest BCUT2D eigenvalue weighted by atomic mass is 32.2. The quantitative estimate of drug-likeness (QED) is 0.753. The molecular weight excluding hydrogens is 368 g/mol. The highest BCUT2D eigenvalue weighted by molar-refractivity contribution is 8.01. The molecule has 2 heterocycles. The normalized spacial score (nSPS) is 20.0. The molecule has 0 radical (unpaired) electrons. The highest BCUT2D eigenvalue weighted by Gasteiger charge is 2.25. The van der Waals surface area contributed by atoms with Gasteiger partial charge in [-0.05, 0) is 30.4 Å². The molecule has 2 aromatic rings. The number of nitrogens with one attached hydrogen (secondary N) is 1. The predicted molar refractivity (Wildman–Crippen MR) is 106 cm³/mol. The largest absolute Gasteiger partial charge is 0.495 e. The van der Waals surface area contributed by atoms with Gasteiger partial charge in [-0.25, -0.2) is 0 Å². The van der Waals surface area contributed by atoms with Gasteiger partial charge in [0.05, 0.1) is 18.6 Å². The Morgan fingerprint density at radius 3 is 2.77 bits per heavy atom. The number of carbonyl (C=O) groups excluding carboxylic acids is 1. The zero-order valence-electron chi connectivity index (χ0n) is 15.3. The van der Waals surface area contributed by atoms with Crippen LogP contribution in [0.2, 0.25) is 0 Å². The van der Waals surface area contributed by atoms with Crippen LogP contribution in [0.1, 0.15) is 20.3 Å². The average molecular weight is 393 g/mol. The number of piperidine rings is 1. The fourth-order valence-corrected chi connectivity index (χ4v) is 4.93. The molecule has 1 fully saturated rings. The second-order valence-corrected chi connectivity index (χ2v) is 8.93. The molecule has 6 nitrogen and oxygen atoms in total. The minimum absolute atomic E-state index is 0.183. The third kappa shape index (κ3) is 4.88. The molecule has 2 atom stereocenters. The number of rotatable bonds is 6. The van der Waals surface area contributed by atoms with Gasteiger partial charge < -0.3 is 15.0 Å². The van der Waals surface area contributed by atoms with Crippen molar-refractivity contribution in [2.45, 2.75) is 24.6 Å². The fraction of sp³-hybridized carbons (Fsp3) is 0.500. The first-order valence-corrected chi connectivity index (χ1v) is 10.5. The average Bonchev–Trinajstić information content (AvgIpc) is 3.06. The number of nitrogens with zero attached hydrogens (tertiary/aromatic N) is 3. The lowest BCUT2D eigenvalue weighted by Crippen LogP contribution is -2.43. The first-order chi connectivity index (χ1) is 12.5. The van der Waals surface area contributed by atoms with E-state index in [4.69, 9.17) is 4.74 Å². The van der Waals surface area contributed by atoms with Crippen molar-refractivity contribution in [3.05, 3.63) is 24.3 Å². The van der Waals surface area contributed by atoms with Gasteiger partial charge in [-0.15, -0.1) is 10.2 Å². The number of thioether (sulfide) groups is 1. The summed E-state index contributed by atoms with van der Waals surface area (Å²) in [5.74, 6) is 2.49. The molecule has 8 heteroatoms. The zero-order chi connectivity index (χ0) is 18.5. The van der Waals surface area contributed by atoms with Crippen LogP contribution in [0.5, 0.6) is 5.75 Å². The van der Waals surface area contributed by atoms with E-state index in [2.05, 4.69) is 29.4 Å². The van der Waals surface area contributed by atoms with Crippen LogP contribution in [-0.2, 0) is 4.79 Å². The maximum Gasteiger partial charge on any atom is 0.233 e. The number of carbonyl (C=O) groups is 1. The molecule has 1 saturated heterocycles. The molecule has 2 unspecified atom stereocenters. The summed E-state index contributed by atoms with van der Waals surface area (Å²) in [6.45, 7) is 6.15. The maximum absolute atomic E-state index is 12.5. The van der Waals surface area contributed by atoms with Crippen molar-refractivity contribution in [1.82, 2.24) is 15.1 Å². The van der Waals surface area contributed by atoms with Gasteiger partial charge in [0.2, 0.25) is 11.0 Å². The lowest BCUT2D eigenvalue weighted by Gasteiger charge is -2.34. The van der Waals surface area contributed by atoms with Crippen LogP contribution in [0.15, 0.2) is 28.6 Å². The van der Waals surface area contributed by atoms with Crippen molar-refractivity contribution in [2.75, 3.05) is 31.3 Å². The van der Waals surface area contributed by atoms with Crippen molar-refractivity contribution >= 4 is 39.8 Å². The van der Waals surface area contributed by atoms with E-state index in [0.29, 0.717) is 22.7 Å². The Hall–Kier alpha value is -1.80. The molecule has 1 aliphatic rings. The molecule has 26 heavy (non-hydrogen) atoms. The highest BCUT2D eigenvalue weighted by Crippen LogP contribution is 2.31. The van der Waals surface area contributed by atoms with Crippen molar-refractivity contribution in [1.29, 1.82) is 0 Å². The van der Waals surface area contributed by atoms with Crippen molar-refractivity contribution in [3.8, 4) is 5.75 Å². The molecule has 1 amide bonds. The molecular formula is C18H24N4O2S2. The minimum Gasteiger partial charge on any atom is -0.495 e. The summed E-state index contributed by atoms with van der Waals surface area (Å²) in [6.07, 6.45) is 1.20. The Labute approximate surface area is 162 Å². The Balaban J connectivity index is 1.54. The van der Waals surface area contributed by atoms with E-state index in [9.17, 15) is 4.79 Å². The minimum atomic E-state index is 0.183. The monoisotopic (exact) mass is 392 g/mol. The topological polar surface area (TPSA) is 67.3 Å². The second kappa shape index (κ2) is 8.73. The third-order valence-corrected chi connectivity index (χ3v) is 6.25. The van der Waals surface area contributed by atoms with Gasteiger partial charge in [0.1, 0.15) is 5.75 Å². The van der Waals surface area contributed by atoms with E-state index in [1.807, 2.05) is 29.2 Å². The number of aromatic nitrogens is 2. The van der Waals surface area contributed by atoms with Gasteiger partial charge in [0, 0.05) is 13.1 Å². The summed E-state index contributed by atoms with van der Waals surface area (Å²) in [7, 11) is 1.63. The van der Waals surface area contributed by atoms with Gasteiger partial charge in [-0.1, -0.05) is 49.1 Å². The van der Waals surface area contributed by atoms with Crippen LogP contribution in [0.3, 0.4) is 0 Å². The summed E-state index contributed by atoms with van der Waals surface area (Å²) in [4.78, 5) is 14.5. The standard InChI is InChI=1S/C18H24N4O2S2/c1-12-8-13(2)10-22(9-12)16(23)11-25-18-21-20-17(26-18)19-14-6-4-5-7-15(14)24-3/h4-7,12-13H,8-11H2,1-3H3,(H,19,20). The van der Waals surface area contributed by atoms with Gasteiger partial charge in [0.25, 0.3) is 0 Å². The molecule has 3 rings (SSSR count). The fourth-order valence-electron chi connectivity index (χ4n) is 3.26. The maximum atomic E-state index is 12.5. The number of hydrogen-bond acceptors (Lipinski definition) is 7. The number of likely N-dealkylation sites (tertiary alicyclic amines) is 1. The number of anilines is 2. The smallest absolute Gasteiger partial charge is 0.233 e. The SMILES string of the molecule is COc1ccccc1Nc1nnc(SCC(=O)N2CC(C)CC(C)C2)s1. The van der Waals surface area contributed by atoms with Gasteiger partial charge in [0.15, 0.2) is 4.34 Å². The Kier molecular flexibility index (Phi) is 6.37. The number of hydrogen-bond donors (Lipinski definition) is 1. The Bertz CT molecular complexity index is 742. The molecule has 0 bridgehead atoms. The van der Waals surface area contributed by atoms with Crippen molar-refractivity contribution in [2.24, 2.45) is 11.8 Å². The number of para-hydroxylation sites is 2. The number of amides is 1. The zero-order valence-corrected chi connectivity index (χ0v) is 16.9. The lowest BCUT2D eigenvalue weighted by atomic mass is 9.92. The molecule has 0 aliphatic carbocycles. The Morgan fingerprint density at radius 2 is 2.04 bits per heavy atom. The van der Waals surface area contributed by atoms with E-state index in [1.54, 1.807) is 7.11 Å². The molecule has 0 saturated carbocycles. The first-order valence-electron chi connectivity index (χ1n) is 8.69. The van der Waals surface area contributed by atoms with E-state index in [1.165, 1.54) is 29.5 Å². The van der Waals surface area contributed by atoms with Crippen LogP contribution < -0.4 is 10.1 Å². The number of ether oxygens (including phenoxy) is 1. The van der Waals surface area contributed by atoms with Crippen LogP contribution in [0.4, 0.5) is 10.8 Å². The second-order valence-electron chi connectivity index (χ2n) is 6.73. The molecule has 1 aliphatic heterocycles. The van der Waals surface area contributed by atoms with Crippen LogP contribution in [0, 0.1) is 11.8 Å². The van der Waals surface area contributed by atoms with Crippen molar-refractivity contribution in [3.63, 3.8) is 0 Å². The van der Waals surface area contributed by atoms with E-state index >= 15 is 0 Å². The lowest BCUT2D eigenvalue weighted by molar-refractivity contribution is -0.130. The van der Waals surface area contributed by atoms with Crippen LogP contribution >= 0.6 is 23.1 Å². The molecule has 1 N–H and O–H groups in total. The first kappa shape index (κ1) is 19.0. The molecule has 1 aromatic carbocycles. The van der Waals surface area contributed by atoms with E-state index in [-0.39, 0.29) is 5.91 Å². The summed E-state index contributed by atoms with van der Waals surface area (Å²) < 4.78 is 6.11. The van der Waals surface area contributed by atoms with E-state index < -0.39 is 0 Å². The number of benzene rings is 1. The third-order valence-electron chi connectivity index (χ3n) is 4.30. The van der Waals surface area contributed by atoms with Crippen LogP contribution in [0.25, 0.3) is 0 Å². The summed E-state index contributed by atoms with van der Waals surface area (Å²) in [5.41, 5.74) is 0.843. The predicted octanol–water partition coefficient (Wildman–Crippen LogP) is 3.89.